The lowest BCUT2D eigenvalue weighted by atomic mass is 9.93. The molecule has 0 spiro atoms. The molecule has 13 heteroatoms. The Labute approximate surface area is 362 Å². The number of hydrogen-bond acceptors (Lipinski definition) is 9. The summed E-state index contributed by atoms with van der Waals surface area (Å²) in [6.45, 7) is 10.9. The zero-order valence-electron chi connectivity index (χ0n) is 36.2. The zero-order chi connectivity index (χ0) is 43.8. The molecule has 3 N–H and O–H groups in total. The van der Waals surface area contributed by atoms with Crippen LogP contribution in [-0.4, -0.2) is 108 Å². The fourth-order valence-electron chi connectivity index (χ4n) is 6.19. The minimum atomic E-state index is -3.02. The Morgan fingerprint density at radius 1 is 0.793 bits per heavy atom. The van der Waals surface area contributed by atoms with Gasteiger partial charge in [0, 0.05) is 36.2 Å². The smallest absolute Gasteiger partial charge is 0.326 e. The summed E-state index contributed by atoms with van der Waals surface area (Å²) in [5, 5.41) is 20.9. The Morgan fingerprint density at radius 2 is 1.38 bits per heavy atom. The normalized spacial score (nSPS) is 16.1. The lowest BCUT2D eigenvalue weighted by Gasteiger charge is -2.30. The number of thioether (sulfide) groups is 3. The third-order valence-electron chi connectivity index (χ3n) is 9.13. The molecule has 4 atom stereocenters. The van der Waals surface area contributed by atoms with Crippen molar-refractivity contribution in [3.8, 4) is 11.1 Å². The van der Waals surface area contributed by atoms with Crippen LogP contribution >= 0.6 is 35.3 Å². The molecule has 9 nitrogen and oxygen atoms in total. The van der Waals surface area contributed by atoms with Crippen LogP contribution in [0.4, 0.5) is 0 Å². The highest BCUT2D eigenvalue weighted by Gasteiger charge is 2.33. The Bertz CT molecular complexity index is 1770. The number of carboxylic acid groups (broad SMARTS) is 2. The quantitative estimate of drug-likeness (QED) is 0.120. The van der Waals surface area contributed by atoms with Crippen molar-refractivity contribution in [1.29, 1.82) is 0 Å². The van der Waals surface area contributed by atoms with Gasteiger partial charge < -0.3 is 15.5 Å². The number of aliphatic carboxylic acids is 2. The van der Waals surface area contributed by atoms with E-state index in [1.54, 1.807) is 23.5 Å². The highest BCUT2D eigenvalue weighted by Crippen LogP contribution is 2.33. The minimum absolute atomic E-state index is 0.0551. The SMILES string of the molecule is CC(C)C.CC(CCS(C)(=O)=O)C(=O)O.CSC.CSCCC(NC(=O)c1ccc(CN2C(Cc3ccccc3)CC[C@@H]2CSC)cc1-c1ccccc1C)C(=O)O. The standard InChI is InChI=1S/C33H40N2O3S2.C6H12O4S.C4H10.C2H6S/c1-23-9-7-8-12-28(23)30-20-25(13-16-29(30)32(36)34-31(33(37)38)17-18-39-2)21-35-26(14-15-27(35)22-40-3)19-24-10-5-4-6-11-24;1-5(6(7)8)3-4-11(2,9)10;1-4(2)3;1-3-2/h4-13,16,20,26-27,31H,14-15,17-19,21-22H2,1-3H3,(H,34,36)(H,37,38);5H,3-4H2,1-2H3,(H,7,8);4H,1-3H3;1-2H3/t26?,27-,31?;;;/m1.../s1. The molecule has 3 aromatic rings. The van der Waals surface area contributed by atoms with Gasteiger partial charge in [-0.05, 0) is 116 Å². The van der Waals surface area contributed by atoms with Gasteiger partial charge in [0.15, 0.2) is 0 Å². The van der Waals surface area contributed by atoms with E-state index in [1.807, 2.05) is 73.9 Å². The van der Waals surface area contributed by atoms with Crippen molar-refractivity contribution in [2.24, 2.45) is 11.8 Å². The predicted molar refractivity (Wildman–Crippen MR) is 250 cm³/mol. The maximum atomic E-state index is 13.5. The molecule has 0 radical (unpaired) electrons. The second-order valence-corrected chi connectivity index (χ2v) is 20.3. The molecule has 3 unspecified atom stereocenters. The fraction of sp³-hybridized carbons (Fsp3) is 0.533. The van der Waals surface area contributed by atoms with Crippen molar-refractivity contribution in [2.75, 3.05) is 48.5 Å². The Hall–Kier alpha value is -2.97. The maximum Gasteiger partial charge on any atom is 0.326 e. The van der Waals surface area contributed by atoms with Gasteiger partial charge in [-0.2, -0.15) is 35.3 Å². The summed E-state index contributed by atoms with van der Waals surface area (Å²) in [4.78, 5) is 38.2. The first-order chi connectivity index (χ1) is 27.4. The minimum Gasteiger partial charge on any atom is -0.481 e. The Morgan fingerprint density at radius 3 is 1.91 bits per heavy atom. The molecule has 0 aliphatic carbocycles. The number of likely N-dealkylation sites (tertiary alicyclic amines) is 1. The average molecular weight is 877 g/mol. The monoisotopic (exact) mass is 876 g/mol. The first kappa shape index (κ1) is 53.0. The summed E-state index contributed by atoms with van der Waals surface area (Å²) >= 11 is 5.22. The van der Waals surface area contributed by atoms with Crippen LogP contribution in [0, 0.1) is 18.8 Å². The first-order valence-electron chi connectivity index (χ1n) is 19.7. The maximum absolute atomic E-state index is 13.5. The van der Waals surface area contributed by atoms with Crippen LogP contribution in [0.3, 0.4) is 0 Å². The van der Waals surface area contributed by atoms with Gasteiger partial charge in [0.1, 0.15) is 15.9 Å². The molecular formula is C45H68N2O7S4. The molecule has 1 aliphatic heterocycles. The molecule has 1 saturated heterocycles. The van der Waals surface area contributed by atoms with E-state index in [-0.39, 0.29) is 18.1 Å². The predicted octanol–water partition coefficient (Wildman–Crippen LogP) is 9.32. The van der Waals surface area contributed by atoms with E-state index >= 15 is 0 Å². The van der Waals surface area contributed by atoms with Gasteiger partial charge in [-0.1, -0.05) is 88.4 Å². The van der Waals surface area contributed by atoms with Gasteiger partial charge in [-0.15, -0.1) is 0 Å². The van der Waals surface area contributed by atoms with Crippen LogP contribution in [0.5, 0.6) is 0 Å². The summed E-state index contributed by atoms with van der Waals surface area (Å²) in [5.41, 5.74) is 5.96. The van der Waals surface area contributed by atoms with Crippen molar-refractivity contribution in [3.05, 3.63) is 95.1 Å². The van der Waals surface area contributed by atoms with Crippen molar-refractivity contribution in [1.82, 2.24) is 10.2 Å². The molecule has 3 aromatic carbocycles. The van der Waals surface area contributed by atoms with Crippen molar-refractivity contribution in [3.63, 3.8) is 0 Å². The number of carbonyl (C=O) groups is 3. The summed E-state index contributed by atoms with van der Waals surface area (Å²) in [6, 6.07) is 24.9. The molecule has 1 heterocycles. The number of nitrogens with one attached hydrogen (secondary N) is 1. The molecule has 324 valence electrons. The number of nitrogens with zero attached hydrogens (tertiary/aromatic N) is 1. The molecule has 1 amide bonds. The van der Waals surface area contributed by atoms with Crippen LogP contribution in [0.1, 0.15) is 80.4 Å². The second kappa shape index (κ2) is 28.5. The largest absolute Gasteiger partial charge is 0.481 e. The molecule has 0 bridgehead atoms. The van der Waals surface area contributed by atoms with Crippen LogP contribution in [0.15, 0.2) is 72.8 Å². The lowest BCUT2D eigenvalue weighted by Crippen LogP contribution is -2.41. The Kier molecular flexibility index (Phi) is 26.1. The van der Waals surface area contributed by atoms with E-state index in [9.17, 15) is 27.9 Å². The molecule has 4 rings (SSSR count). The third kappa shape index (κ3) is 20.8. The fourth-order valence-corrected chi connectivity index (χ4v) is 8.19. The molecular weight excluding hydrogens is 809 g/mol. The molecule has 0 saturated carbocycles. The van der Waals surface area contributed by atoms with Crippen LogP contribution < -0.4 is 5.32 Å². The summed E-state index contributed by atoms with van der Waals surface area (Å²) in [6.07, 6.45) is 13.3. The van der Waals surface area contributed by atoms with Gasteiger partial charge in [0.25, 0.3) is 5.91 Å². The highest BCUT2D eigenvalue weighted by atomic mass is 32.2. The number of carbonyl (C=O) groups excluding carboxylic acids is 1. The second-order valence-electron chi connectivity index (χ2n) is 15.3. The highest BCUT2D eigenvalue weighted by molar-refractivity contribution is 7.98. The van der Waals surface area contributed by atoms with E-state index in [2.05, 4.69) is 73.6 Å². The third-order valence-corrected chi connectivity index (χ3v) is 11.5. The van der Waals surface area contributed by atoms with E-state index in [1.165, 1.54) is 25.3 Å². The van der Waals surface area contributed by atoms with E-state index in [0.717, 1.165) is 53.1 Å². The lowest BCUT2D eigenvalue weighted by molar-refractivity contribution is -0.141. The van der Waals surface area contributed by atoms with Gasteiger partial charge in [0.2, 0.25) is 0 Å². The van der Waals surface area contributed by atoms with Crippen molar-refractivity contribution >= 4 is 63.0 Å². The zero-order valence-corrected chi connectivity index (χ0v) is 39.5. The topological polar surface area (TPSA) is 141 Å². The number of sulfone groups is 1. The average Bonchev–Trinajstić information content (AvgIpc) is 3.52. The number of hydrogen-bond donors (Lipinski definition) is 3. The van der Waals surface area contributed by atoms with Crippen LogP contribution in [0.25, 0.3) is 11.1 Å². The summed E-state index contributed by atoms with van der Waals surface area (Å²) in [7, 11) is -3.02. The van der Waals surface area contributed by atoms with Crippen LogP contribution in [0.2, 0.25) is 0 Å². The van der Waals surface area contributed by atoms with Gasteiger partial charge in [-0.3, -0.25) is 14.5 Å². The van der Waals surface area contributed by atoms with Crippen molar-refractivity contribution in [2.45, 2.75) is 91.4 Å². The van der Waals surface area contributed by atoms with E-state index < -0.39 is 33.7 Å². The molecule has 1 fully saturated rings. The van der Waals surface area contributed by atoms with E-state index in [4.69, 9.17) is 5.11 Å². The molecule has 1 aliphatic rings. The molecule has 58 heavy (non-hydrogen) atoms. The van der Waals surface area contributed by atoms with Gasteiger partial charge in [0.05, 0.1) is 11.7 Å². The van der Waals surface area contributed by atoms with E-state index in [0.29, 0.717) is 29.8 Å². The number of benzene rings is 3. The van der Waals surface area contributed by atoms with Crippen LogP contribution in [-0.2, 0) is 32.4 Å². The first-order valence-corrected chi connectivity index (χ1v) is 26.2. The summed E-state index contributed by atoms with van der Waals surface area (Å²) < 4.78 is 21.1. The number of rotatable bonds is 17. The number of carboxylic acids is 2. The van der Waals surface area contributed by atoms with Gasteiger partial charge >= 0.3 is 11.9 Å². The number of aryl methyl sites for hydroxylation is 1. The summed E-state index contributed by atoms with van der Waals surface area (Å²) in [5.74, 6) is -0.337. The van der Waals surface area contributed by atoms with Gasteiger partial charge in [-0.25, -0.2) is 13.2 Å². The van der Waals surface area contributed by atoms with Crippen molar-refractivity contribution < 1.29 is 33.0 Å². The number of amides is 1. The Balaban J connectivity index is 0.000000781. The molecule has 0 aromatic heterocycles.